The molecule has 1 aliphatic heterocycles. The molecule has 3 rings (SSSR count). The van der Waals surface area contributed by atoms with Gasteiger partial charge in [-0.15, -0.1) is 23.1 Å². The number of carbonyl (C=O) groups is 1. The van der Waals surface area contributed by atoms with Crippen LogP contribution in [0.4, 0.5) is 0 Å². The molecule has 1 fully saturated rings. The van der Waals surface area contributed by atoms with Crippen LogP contribution in [0.15, 0.2) is 29.6 Å². The molecule has 4 nitrogen and oxygen atoms in total. The fourth-order valence-corrected chi connectivity index (χ4v) is 4.46. The number of hydrogen-bond acceptors (Lipinski definition) is 5. The average Bonchev–Trinajstić information content (AvgIpc) is 3.11. The molecule has 24 heavy (non-hydrogen) atoms. The molecule has 0 radical (unpaired) electrons. The fraction of sp³-hybridized carbons (Fsp3) is 0.444. The van der Waals surface area contributed by atoms with Crippen molar-refractivity contribution >= 4 is 29.0 Å². The molecule has 2 heterocycles. The Balaban J connectivity index is 1.49. The second-order valence-electron chi connectivity index (χ2n) is 5.81. The van der Waals surface area contributed by atoms with Gasteiger partial charge in [-0.25, -0.2) is 4.98 Å². The van der Waals surface area contributed by atoms with E-state index in [9.17, 15) is 4.79 Å². The van der Waals surface area contributed by atoms with Crippen molar-refractivity contribution in [1.29, 1.82) is 0 Å². The Morgan fingerprint density at radius 3 is 2.71 bits per heavy atom. The lowest BCUT2D eigenvalue weighted by Crippen LogP contribution is -2.36. The minimum absolute atomic E-state index is 0.269. The lowest BCUT2D eigenvalue weighted by atomic mass is 10.1. The van der Waals surface area contributed by atoms with E-state index in [0.29, 0.717) is 5.75 Å². The maximum Gasteiger partial charge on any atom is 0.232 e. The number of aromatic nitrogens is 1. The van der Waals surface area contributed by atoms with Crippen molar-refractivity contribution in [3.05, 3.63) is 35.3 Å². The highest BCUT2D eigenvalue weighted by molar-refractivity contribution is 7.99. The highest BCUT2D eigenvalue weighted by atomic mass is 32.2. The number of likely N-dealkylation sites (tertiary alicyclic amines) is 1. The zero-order valence-corrected chi connectivity index (χ0v) is 15.5. The lowest BCUT2D eigenvalue weighted by Gasteiger charge is -2.26. The number of methoxy groups -OCH3 is 1. The van der Waals surface area contributed by atoms with Gasteiger partial charge in [0.25, 0.3) is 0 Å². The maximum atomic E-state index is 12.2. The number of benzene rings is 1. The largest absolute Gasteiger partial charge is 0.497 e. The lowest BCUT2D eigenvalue weighted by molar-refractivity contribution is -0.129. The highest BCUT2D eigenvalue weighted by Gasteiger charge is 2.16. The van der Waals surface area contributed by atoms with Gasteiger partial charge in [0.2, 0.25) is 5.91 Å². The summed E-state index contributed by atoms with van der Waals surface area (Å²) in [4.78, 5) is 18.8. The van der Waals surface area contributed by atoms with Crippen LogP contribution in [0.25, 0.3) is 10.6 Å². The van der Waals surface area contributed by atoms with E-state index < -0.39 is 0 Å². The average molecular weight is 363 g/mol. The zero-order chi connectivity index (χ0) is 16.8. The monoisotopic (exact) mass is 362 g/mol. The van der Waals surface area contributed by atoms with Gasteiger partial charge in [0.05, 0.1) is 18.6 Å². The summed E-state index contributed by atoms with van der Waals surface area (Å²) in [5, 5.41) is 3.09. The summed E-state index contributed by atoms with van der Waals surface area (Å²) in [6.45, 7) is 1.86. The van der Waals surface area contributed by atoms with Crippen molar-refractivity contribution in [3.63, 3.8) is 0 Å². The van der Waals surface area contributed by atoms with Crippen molar-refractivity contribution in [2.24, 2.45) is 0 Å². The Morgan fingerprint density at radius 1 is 1.25 bits per heavy atom. The minimum atomic E-state index is 0.269. The zero-order valence-electron chi connectivity index (χ0n) is 13.9. The summed E-state index contributed by atoms with van der Waals surface area (Å²) in [6, 6.07) is 7.94. The Labute approximate surface area is 151 Å². The second kappa shape index (κ2) is 8.53. The molecule has 0 atom stereocenters. The standard InChI is InChI=1S/C18H22N2O2S2/c1-22-16-7-5-14(6-8-16)18-19-15(12-24-18)11-23-13-17(21)20-9-3-2-4-10-20/h5-8,12H,2-4,9-11,13H2,1H3. The molecule has 1 amide bonds. The third-order valence-electron chi connectivity index (χ3n) is 4.07. The number of hydrogen-bond donors (Lipinski definition) is 0. The van der Waals surface area contributed by atoms with Crippen LogP contribution in [0.2, 0.25) is 0 Å². The van der Waals surface area contributed by atoms with E-state index in [1.54, 1.807) is 30.2 Å². The van der Waals surface area contributed by atoms with Gasteiger partial charge in [-0.05, 0) is 43.5 Å². The first kappa shape index (κ1) is 17.3. The van der Waals surface area contributed by atoms with Gasteiger partial charge < -0.3 is 9.64 Å². The number of rotatable bonds is 6. The first-order chi connectivity index (χ1) is 11.8. The van der Waals surface area contributed by atoms with E-state index in [4.69, 9.17) is 4.74 Å². The van der Waals surface area contributed by atoms with Crippen LogP contribution < -0.4 is 4.74 Å². The minimum Gasteiger partial charge on any atom is -0.497 e. The molecular formula is C18H22N2O2S2. The summed E-state index contributed by atoms with van der Waals surface area (Å²) in [5.41, 5.74) is 2.14. The Kier molecular flexibility index (Phi) is 6.15. The Hall–Kier alpha value is -1.53. The molecule has 0 saturated carbocycles. The molecule has 0 unspecified atom stereocenters. The number of thioether (sulfide) groups is 1. The first-order valence-electron chi connectivity index (χ1n) is 8.20. The molecule has 0 aliphatic carbocycles. The van der Waals surface area contributed by atoms with Crippen molar-refractivity contribution in [2.75, 3.05) is 26.0 Å². The maximum absolute atomic E-state index is 12.2. The van der Waals surface area contributed by atoms with Gasteiger partial charge in [-0.3, -0.25) is 4.79 Å². The summed E-state index contributed by atoms with van der Waals surface area (Å²) in [5.74, 6) is 2.45. The quantitative estimate of drug-likeness (QED) is 0.777. The molecule has 1 aromatic carbocycles. The molecular weight excluding hydrogens is 340 g/mol. The summed E-state index contributed by atoms with van der Waals surface area (Å²) in [7, 11) is 1.67. The van der Waals surface area contributed by atoms with E-state index in [2.05, 4.69) is 10.4 Å². The van der Waals surface area contributed by atoms with E-state index in [0.717, 1.165) is 53.7 Å². The van der Waals surface area contributed by atoms with Crippen molar-refractivity contribution < 1.29 is 9.53 Å². The van der Waals surface area contributed by atoms with Crippen LogP contribution >= 0.6 is 23.1 Å². The number of ether oxygens (including phenoxy) is 1. The molecule has 1 aromatic heterocycles. The third-order valence-corrected chi connectivity index (χ3v) is 5.96. The summed E-state index contributed by atoms with van der Waals surface area (Å²) < 4.78 is 5.18. The Bertz CT molecular complexity index is 664. The van der Waals surface area contributed by atoms with Gasteiger partial charge in [0.15, 0.2) is 0 Å². The van der Waals surface area contributed by atoms with E-state index in [1.807, 2.05) is 29.2 Å². The van der Waals surface area contributed by atoms with Gasteiger partial charge in [0.1, 0.15) is 10.8 Å². The molecule has 6 heteroatoms. The van der Waals surface area contributed by atoms with Crippen LogP contribution in [0, 0.1) is 0 Å². The fourth-order valence-electron chi connectivity index (χ4n) is 2.72. The number of nitrogens with zero attached hydrogens (tertiary/aromatic N) is 2. The van der Waals surface area contributed by atoms with Crippen molar-refractivity contribution in [3.8, 4) is 16.3 Å². The van der Waals surface area contributed by atoms with Crippen LogP contribution in [0.5, 0.6) is 5.75 Å². The molecule has 0 spiro atoms. The predicted octanol–water partition coefficient (Wildman–Crippen LogP) is 4.06. The van der Waals surface area contributed by atoms with Crippen LogP contribution in [0.3, 0.4) is 0 Å². The van der Waals surface area contributed by atoms with E-state index in [-0.39, 0.29) is 5.91 Å². The number of carbonyl (C=O) groups excluding carboxylic acids is 1. The second-order valence-corrected chi connectivity index (χ2v) is 7.65. The van der Waals surface area contributed by atoms with Crippen molar-refractivity contribution in [2.45, 2.75) is 25.0 Å². The predicted molar refractivity (Wildman–Crippen MR) is 101 cm³/mol. The van der Waals surface area contributed by atoms with Crippen LogP contribution in [-0.4, -0.2) is 41.7 Å². The smallest absolute Gasteiger partial charge is 0.232 e. The van der Waals surface area contributed by atoms with Crippen LogP contribution in [0.1, 0.15) is 25.0 Å². The third kappa shape index (κ3) is 4.51. The molecule has 1 aliphatic rings. The van der Waals surface area contributed by atoms with E-state index >= 15 is 0 Å². The van der Waals surface area contributed by atoms with E-state index in [1.165, 1.54) is 6.42 Å². The SMILES string of the molecule is COc1ccc(-c2nc(CSCC(=O)N3CCCCC3)cs2)cc1. The van der Waals surface area contributed by atoms with Crippen molar-refractivity contribution in [1.82, 2.24) is 9.88 Å². The molecule has 0 bridgehead atoms. The highest BCUT2D eigenvalue weighted by Crippen LogP contribution is 2.27. The summed E-state index contributed by atoms with van der Waals surface area (Å²) in [6.07, 6.45) is 3.55. The molecule has 0 N–H and O–H groups in total. The molecule has 1 saturated heterocycles. The number of thiazole rings is 1. The first-order valence-corrected chi connectivity index (χ1v) is 10.2. The van der Waals surface area contributed by atoms with Gasteiger partial charge in [-0.1, -0.05) is 0 Å². The van der Waals surface area contributed by atoms with Gasteiger partial charge in [0, 0.05) is 29.8 Å². The molecule has 2 aromatic rings. The number of piperidine rings is 1. The van der Waals surface area contributed by atoms with Gasteiger partial charge in [-0.2, -0.15) is 0 Å². The molecule has 128 valence electrons. The van der Waals surface area contributed by atoms with Gasteiger partial charge >= 0.3 is 0 Å². The summed E-state index contributed by atoms with van der Waals surface area (Å²) >= 11 is 3.30. The number of amides is 1. The normalized spacial score (nSPS) is 14.6. The topological polar surface area (TPSA) is 42.4 Å². The van der Waals surface area contributed by atoms with Crippen LogP contribution in [-0.2, 0) is 10.5 Å². The Morgan fingerprint density at radius 2 is 2.00 bits per heavy atom.